The lowest BCUT2D eigenvalue weighted by molar-refractivity contribution is 1.36. The molecule has 0 aliphatic rings. The van der Waals surface area contributed by atoms with Crippen LogP contribution in [0.2, 0.25) is 0 Å². The van der Waals surface area contributed by atoms with Crippen molar-refractivity contribution in [2.45, 2.75) is 4.90 Å². The van der Waals surface area contributed by atoms with Crippen molar-refractivity contribution < 1.29 is 0 Å². The Morgan fingerprint density at radius 1 is 1.40 bits per heavy atom. The standard InChI is InChI=1S/C7H7N2S/c1-10-7-5-3-2-4-6(7)9-8/h2-5H,1H3/q-1. The summed E-state index contributed by atoms with van der Waals surface area (Å²) in [6, 6.07) is 7.45. The molecule has 0 aliphatic carbocycles. The van der Waals surface area contributed by atoms with E-state index < -0.39 is 0 Å². The molecule has 0 saturated carbocycles. The molecule has 0 saturated heterocycles. The molecule has 0 radical (unpaired) electrons. The van der Waals surface area contributed by atoms with Gasteiger partial charge in [-0.1, -0.05) is 12.1 Å². The van der Waals surface area contributed by atoms with Crippen LogP contribution < -0.4 is 0 Å². The smallest absolute Gasteiger partial charge is 0.0534 e. The number of thioether (sulfide) groups is 1. The fourth-order valence-electron chi connectivity index (χ4n) is 0.712. The Bertz CT molecular complexity index is 235. The van der Waals surface area contributed by atoms with Crippen molar-refractivity contribution in [2.24, 2.45) is 5.11 Å². The molecular formula is C7H7N2S-. The second-order valence-electron chi connectivity index (χ2n) is 1.77. The second kappa shape index (κ2) is 3.37. The lowest BCUT2D eigenvalue weighted by atomic mass is 10.3. The summed E-state index contributed by atoms with van der Waals surface area (Å²) in [5, 5.41) is 3.12. The van der Waals surface area contributed by atoms with Crippen LogP contribution in [0.1, 0.15) is 0 Å². The zero-order chi connectivity index (χ0) is 7.40. The van der Waals surface area contributed by atoms with E-state index in [9.17, 15) is 0 Å². The van der Waals surface area contributed by atoms with Crippen LogP contribution in [0.25, 0.3) is 5.53 Å². The first-order chi connectivity index (χ1) is 4.88. The van der Waals surface area contributed by atoms with Gasteiger partial charge in [0.15, 0.2) is 0 Å². The van der Waals surface area contributed by atoms with Crippen molar-refractivity contribution in [3.63, 3.8) is 0 Å². The fraction of sp³-hybridized carbons (Fsp3) is 0.143. The number of hydrogen-bond acceptors (Lipinski definition) is 2. The minimum Gasteiger partial charge on any atom is -0.706 e. The van der Waals surface area contributed by atoms with Gasteiger partial charge in [-0.2, -0.15) is 0 Å². The van der Waals surface area contributed by atoms with Crippen molar-refractivity contribution in [2.75, 3.05) is 6.26 Å². The van der Waals surface area contributed by atoms with Crippen LogP contribution in [-0.2, 0) is 0 Å². The third kappa shape index (κ3) is 1.36. The number of hydrogen-bond donors (Lipinski definition) is 0. The Morgan fingerprint density at radius 2 is 2.10 bits per heavy atom. The van der Waals surface area contributed by atoms with E-state index in [0.29, 0.717) is 5.69 Å². The van der Waals surface area contributed by atoms with E-state index in [1.165, 1.54) is 0 Å². The van der Waals surface area contributed by atoms with Crippen molar-refractivity contribution in [1.29, 1.82) is 0 Å². The van der Waals surface area contributed by atoms with Crippen LogP contribution in [0.4, 0.5) is 5.69 Å². The molecule has 1 rings (SSSR count). The van der Waals surface area contributed by atoms with Gasteiger partial charge >= 0.3 is 0 Å². The molecule has 0 amide bonds. The van der Waals surface area contributed by atoms with Gasteiger partial charge in [-0.15, -0.1) is 11.8 Å². The van der Waals surface area contributed by atoms with Crippen LogP contribution in [-0.4, -0.2) is 6.26 Å². The number of rotatable bonds is 2. The zero-order valence-electron chi connectivity index (χ0n) is 5.61. The largest absolute Gasteiger partial charge is 0.706 e. The van der Waals surface area contributed by atoms with E-state index in [1.807, 2.05) is 24.5 Å². The highest BCUT2D eigenvalue weighted by Gasteiger charge is 1.92. The van der Waals surface area contributed by atoms with Gasteiger partial charge in [0.2, 0.25) is 0 Å². The molecule has 0 aromatic heterocycles. The summed E-state index contributed by atoms with van der Waals surface area (Å²) in [5.74, 6) is 0. The summed E-state index contributed by atoms with van der Waals surface area (Å²) < 4.78 is 0. The lowest BCUT2D eigenvalue weighted by Crippen LogP contribution is -1.68. The van der Waals surface area contributed by atoms with Gasteiger partial charge in [-0.3, -0.25) is 0 Å². The van der Waals surface area contributed by atoms with Gasteiger partial charge in [-0.25, -0.2) is 0 Å². The maximum Gasteiger partial charge on any atom is 0.0534 e. The molecule has 0 heterocycles. The Labute approximate surface area is 64.2 Å². The molecule has 2 nitrogen and oxygen atoms in total. The number of benzene rings is 1. The quantitative estimate of drug-likeness (QED) is 0.472. The molecule has 0 N–H and O–H groups in total. The molecule has 52 valence electrons. The van der Waals surface area contributed by atoms with E-state index in [0.717, 1.165) is 4.90 Å². The maximum atomic E-state index is 8.46. The predicted molar refractivity (Wildman–Crippen MR) is 43.7 cm³/mol. The second-order valence-corrected chi connectivity index (χ2v) is 2.62. The Hall–Kier alpha value is -0.830. The molecule has 3 heteroatoms. The molecule has 1 aromatic rings. The molecule has 0 unspecified atom stereocenters. The minimum atomic E-state index is 0.634. The van der Waals surface area contributed by atoms with E-state index in [4.69, 9.17) is 5.53 Å². The third-order valence-corrected chi connectivity index (χ3v) is 1.98. The first kappa shape index (κ1) is 7.28. The zero-order valence-corrected chi connectivity index (χ0v) is 6.43. The Balaban J connectivity index is 3.08. The molecule has 0 aliphatic heterocycles. The molecule has 0 bridgehead atoms. The molecule has 0 spiro atoms. The monoisotopic (exact) mass is 151 g/mol. The third-order valence-electron chi connectivity index (χ3n) is 1.19. The van der Waals surface area contributed by atoms with Crippen LogP contribution in [0.3, 0.4) is 0 Å². The average Bonchev–Trinajstić information content (AvgIpc) is 2.04. The minimum absolute atomic E-state index is 0.634. The molecule has 10 heavy (non-hydrogen) atoms. The van der Waals surface area contributed by atoms with Gasteiger partial charge in [0.1, 0.15) is 0 Å². The van der Waals surface area contributed by atoms with Gasteiger partial charge in [0, 0.05) is 4.90 Å². The number of nitrogens with zero attached hydrogens (tertiary/aromatic N) is 2. The highest BCUT2D eigenvalue weighted by Crippen LogP contribution is 2.26. The lowest BCUT2D eigenvalue weighted by Gasteiger charge is -2.01. The van der Waals surface area contributed by atoms with Crippen molar-refractivity contribution in [3.05, 3.63) is 29.8 Å². The summed E-state index contributed by atoms with van der Waals surface area (Å²) in [4.78, 5) is 0.991. The van der Waals surface area contributed by atoms with Crippen molar-refractivity contribution in [1.82, 2.24) is 0 Å². The van der Waals surface area contributed by atoms with Crippen LogP contribution in [0.15, 0.2) is 34.3 Å². The van der Waals surface area contributed by atoms with Gasteiger partial charge < -0.3 is 10.6 Å². The van der Waals surface area contributed by atoms with Gasteiger partial charge in [0.05, 0.1) is 5.69 Å². The molecule has 0 atom stereocenters. The normalized spacial score (nSPS) is 9.30. The topological polar surface area (TPSA) is 34.7 Å². The highest BCUT2D eigenvalue weighted by atomic mass is 32.2. The van der Waals surface area contributed by atoms with E-state index in [-0.39, 0.29) is 0 Å². The summed E-state index contributed by atoms with van der Waals surface area (Å²) in [7, 11) is 0. The highest BCUT2D eigenvalue weighted by molar-refractivity contribution is 7.98. The molecule has 1 aromatic carbocycles. The van der Waals surface area contributed by atoms with E-state index in [1.54, 1.807) is 17.8 Å². The summed E-state index contributed by atoms with van der Waals surface area (Å²) in [6.07, 6.45) is 1.95. The summed E-state index contributed by atoms with van der Waals surface area (Å²) in [5.41, 5.74) is 9.10. The fourth-order valence-corrected chi connectivity index (χ4v) is 1.25. The Morgan fingerprint density at radius 3 is 2.60 bits per heavy atom. The molecule has 0 fully saturated rings. The summed E-state index contributed by atoms with van der Waals surface area (Å²) in [6.45, 7) is 0. The first-order valence-corrected chi connectivity index (χ1v) is 4.09. The Kier molecular flexibility index (Phi) is 2.45. The van der Waals surface area contributed by atoms with Crippen molar-refractivity contribution >= 4 is 17.4 Å². The van der Waals surface area contributed by atoms with Gasteiger partial charge in [-0.05, 0) is 18.4 Å². The SMILES string of the molecule is CSc1ccccc1N=[N-]. The average molecular weight is 151 g/mol. The summed E-state index contributed by atoms with van der Waals surface area (Å²) >= 11 is 1.57. The van der Waals surface area contributed by atoms with Gasteiger partial charge in [0.25, 0.3) is 0 Å². The van der Waals surface area contributed by atoms with Crippen molar-refractivity contribution in [3.8, 4) is 0 Å². The van der Waals surface area contributed by atoms with E-state index >= 15 is 0 Å². The first-order valence-electron chi connectivity index (χ1n) is 2.86. The molecular weight excluding hydrogens is 144 g/mol. The predicted octanol–water partition coefficient (Wildman–Crippen LogP) is 3.06. The van der Waals surface area contributed by atoms with Crippen LogP contribution in [0, 0.1) is 0 Å². The maximum absolute atomic E-state index is 8.46. The van der Waals surface area contributed by atoms with Crippen LogP contribution in [0.5, 0.6) is 0 Å². The van der Waals surface area contributed by atoms with E-state index in [2.05, 4.69) is 5.11 Å². The van der Waals surface area contributed by atoms with Crippen LogP contribution >= 0.6 is 11.8 Å².